The molecule has 3 aromatic heterocycles. The average Bonchev–Trinajstić information content (AvgIpc) is 3.62. The second-order valence-corrected chi connectivity index (χ2v) is 12.3. The summed E-state index contributed by atoms with van der Waals surface area (Å²) in [6.45, 7) is 4.08. The van der Waals surface area contributed by atoms with Gasteiger partial charge < -0.3 is 15.0 Å². The lowest BCUT2D eigenvalue weighted by Crippen LogP contribution is -2.49. The summed E-state index contributed by atoms with van der Waals surface area (Å²) in [5, 5.41) is 20.6. The third-order valence-electron chi connectivity index (χ3n) is 7.11. The molecule has 0 bridgehead atoms. The van der Waals surface area contributed by atoms with Crippen molar-refractivity contribution >= 4 is 34.9 Å². The number of fused-ring (bicyclic) bond motifs is 1. The van der Waals surface area contributed by atoms with Gasteiger partial charge in [0, 0.05) is 66.9 Å². The molecule has 1 aliphatic heterocycles. The molecule has 1 N–H and O–H groups in total. The number of thioether (sulfide) groups is 1. The minimum atomic E-state index is -3.09. The molecule has 1 saturated heterocycles. The molecule has 2 amide bonds. The Kier molecular flexibility index (Phi) is 10.3. The van der Waals surface area contributed by atoms with E-state index in [-0.39, 0.29) is 46.0 Å². The molecule has 0 spiro atoms. The van der Waals surface area contributed by atoms with Crippen molar-refractivity contribution < 1.29 is 23.1 Å². The Balaban J connectivity index is 1.44. The van der Waals surface area contributed by atoms with E-state index in [4.69, 9.17) is 10.00 Å². The van der Waals surface area contributed by atoms with Crippen LogP contribution < -0.4 is 10.1 Å². The van der Waals surface area contributed by atoms with Gasteiger partial charge in [-0.15, -0.1) is 11.8 Å². The number of piperazine rings is 1. The van der Waals surface area contributed by atoms with Gasteiger partial charge in [0.2, 0.25) is 5.91 Å². The number of nitrogens with zero attached hydrogens (tertiary/aromatic N) is 8. The molecule has 4 heterocycles. The molecule has 1 aliphatic rings. The van der Waals surface area contributed by atoms with E-state index in [0.29, 0.717) is 38.2 Å². The smallest absolute Gasteiger partial charge is 0.387 e. The predicted molar refractivity (Wildman–Crippen MR) is 164 cm³/mol. The average molecular weight is 638 g/mol. The quantitative estimate of drug-likeness (QED) is 0.177. The van der Waals surface area contributed by atoms with E-state index in [0.717, 1.165) is 17.9 Å². The van der Waals surface area contributed by atoms with Crippen LogP contribution in [-0.4, -0.2) is 90.6 Å². The maximum atomic E-state index is 13.5. The zero-order valence-corrected chi connectivity index (χ0v) is 25.7. The highest BCUT2D eigenvalue weighted by Gasteiger charge is 2.25. The van der Waals surface area contributed by atoms with Crippen molar-refractivity contribution in [1.82, 2.24) is 34.2 Å². The van der Waals surface area contributed by atoms with E-state index in [9.17, 15) is 18.4 Å². The summed E-state index contributed by atoms with van der Waals surface area (Å²) in [5.41, 5.74) is 1.15. The van der Waals surface area contributed by atoms with Gasteiger partial charge in [-0.05, 0) is 37.2 Å². The maximum Gasteiger partial charge on any atom is 0.387 e. The molecule has 236 valence electrons. The Morgan fingerprint density at radius 2 is 2.00 bits per heavy atom. The van der Waals surface area contributed by atoms with E-state index < -0.39 is 12.5 Å². The first-order valence-electron chi connectivity index (χ1n) is 14.5. The summed E-state index contributed by atoms with van der Waals surface area (Å²) in [6.07, 6.45) is 7.38. The van der Waals surface area contributed by atoms with Gasteiger partial charge >= 0.3 is 6.61 Å². The molecule has 0 atom stereocenters. The number of nitriles is 1. The van der Waals surface area contributed by atoms with Gasteiger partial charge in [-0.25, -0.2) is 9.50 Å². The van der Waals surface area contributed by atoms with Crippen LogP contribution in [0.15, 0.2) is 53.9 Å². The van der Waals surface area contributed by atoms with Crippen molar-refractivity contribution in [3.63, 3.8) is 0 Å². The number of carbonyl (C=O) groups excluding carboxylic acids is 2. The van der Waals surface area contributed by atoms with Crippen LogP contribution in [0.3, 0.4) is 0 Å². The normalized spacial score (nSPS) is 13.8. The number of aromatic nitrogens is 5. The number of halogens is 2. The van der Waals surface area contributed by atoms with Gasteiger partial charge in [-0.1, -0.05) is 13.8 Å². The molecular formula is C30H33F2N9O3S. The van der Waals surface area contributed by atoms with E-state index in [2.05, 4.69) is 31.5 Å². The number of carbonyl (C=O) groups is 2. The molecule has 0 radical (unpaired) electrons. The number of hydrogen-bond donors (Lipinski definition) is 1. The molecule has 1 fully saturated rings. The summed E-state index contributed by atoms with van der Waals surface area (Å²) >= 11 is 1.53. The van der Waals surface area contributed by atoms with Gasteiger partial charge in [0.15, 0.2) is 5.65 Å². The zero-order valence-electron chi connectivity index (χ0n) is 24.9. The van der Waals surface area contributed by atoms with Crippen LogP contribution in [0.2, 0.25) is 0 Å². The highest BCUT2D eigenvalue weighted by Crippen LogP contribution is 2.39. The minimum absolute atomic E-state index is 0.115. The Hall–Kier alpha value is -4.55. The Morgan fingerprint density at radius 1 is 1.20 bits per heavy atom. The van der Waals surface area contributed by atoms with Gasteiger partial charge in [0.1, 0.15) is 23.6 Å². The third kappa shape index (κ3) is 7.95. The molecule has 0 aliphatic carbocycles. The number of alkyl halides is 2. The van der Waals surface area contributed by atoms with Crippen molar-refractivity contribution in [1.29, 1.82) is 5.26 Å². The lowest BCUT2D eigenvalue weighted by atomic mass is 10.1. The second kappa shape index (κ2) is 14.5. The summed E-state index contributed by atoms with van der Waals surface area (Å²) in [6, 6.07) is 8.66. The second-order valence-electron chi connectivity index (χ2n) is 10.7. The molecule has 4 aromatic rings. The molecular weight excluding hydrogens is 604 g/mol. The highest BCUT2D eigenvalue weighted by atomic mass is 32.2. The topological polar surface area (TPSA) is 134 Å². The molecule has 5 rings (SSSR count). The van der Waals surface area contributed by atoms with Crippen LogP contribution in [0.1, 0.15) is 37.0 Å². The number of unbranched alkanes of at least 4 members (excludes halogenated alkanes) is 1. The Bertz CT molecular complexity index is 1690. The van der Waals surface area contributed by atoms with Crippen LogP contribution in [-0.2, 0) is 11.3 Å². The summed E-state index contributed by atoms with van der Waals surface area (Å²) < 4.78 is 34.6. The number of amides is 2. The maximum absolute atomic E-state index is 13.5. The standard InChI is InChI=1S/C30H33F2N9O3S/c1-20(2)45-21-6-7-25(44-30(31)32)22(16-21)27-24(36-29(43)23-17-35-41-11-5-9-34-28(23)41)18-40(37-27)19-26(42)39-14-12-38(13-15-39)10-4-3-8-33/h5-7,9,11,16-18,20,30H,3-4,10,12-15,19H2,1-2H3,(H,36,43). The number of anilines is 1. The lowest BCUT2D eigenvalue weighted by molar-refractivity contribution is -0.133. The highest BCUT2D eigenvalue weighted by molar-refractivity contribution is 7.99. The van der Waals surface area contributed by atoms with Crippen LogP contribution in [0.5, 0.6) is 5.75 Å². The number of nitrogens with one attached hydrogen (secondary N) is 1. The largest absolute Gasteiger partial charge is 0.434 e. The Morgan fingerprint density at radius 3 is 2.73 bits per heavy atom. The molecule has 45 heavy (non-hydrogen) atoms. The molecule has 15 heteroatoms. The van der Waals surface area contributed by atoms with E-state index >= 15 is 0 Å². The molecule has 12 nitrogen and oxygen atoms in total. The van der Waals surface area contributed by atoms with Gasteiger partial charge in [-0.3, -0.25) is 19.2 Å². The fourth-order valence-electron chi connectivity index (χ4n) is 5.05. The van der Waals surface area contributed by atoms with Crippen LogP contribution in [0, 0.1) is 11.3 Å². The van der Waals surface area contributed by atoms with Gasteiger partial charge in [-0.2, -0.15) is 24.2 Å². The summed E-state index contributed by atoms with van der Waals surface area (Å²) in [5.74, 6) is -0.818. The molecule has 0 unspecified atom stereocenters. The van der Waals surface area contributed by atoms with Crippen molar-refractivity contribution in [2.45, 2.75) is 50.0 Å². The number of ether oxygens (including phenoxy) is 1. The van der Waals surface area contributed by atoms with E-state index in [1.54, 1.807) is 35.5 Å². The SMILES string of the molecule is CC(C)Sc1ccc(OC(F)F)c(-c2nn(CC(=O)N3CCN(CCCC#N)CC3)cc2NC(=O)c2cnn3cccnc23)c1. The first kappa shape index (κ1) is 31.9. The van der Waals surface area contributed by atoms with E-state index in [1.165, 1.54) is 39.4 Å². The lowest BCUT2D eigenvalue weighted by Gasteiger charge is -2.34. The molecule has 1 aromatic carbocycles. The predicted octanol–water partition coefficient (Wildman–Crippen LogP) is 4.39. The fraction of sp³-hybridized carbons (Fsp3) is 0.400. The molecule has 0 saturated carbocycles. The van der Waals surface area contributed by atoms with Crippen molar-refractivity contribution in [3.8, 4) is 23.1 Å². The minimum Gasteiger partial charge on any atom is -0.434 e. The van der Waals surface area contributed by atoms with Crippen molar-refractivity contribution in [2.24, 2.45) is 0 Å². The van der Waals surface area contributed by atoms with Crippen molar-refractivity contribution in [3.05, 3.63) is 54.6 Å². The third-order valence-corrected chi connectivity index (χ3v) is 8.11. The van der Waals surface area contributed by atoms with Crippen LogP contribution in [0.25, 0.3) is 16.9 Å². The number of rotatable bonds is 12. The van der Waals surface area contributed by atoms with Gasteiger partial charge in [0.05, 0.1) is 18.0 Å². The monoisotopic (exact) mass is 637 g/mol. The van der Waals surface area contributed by atoms with Gasteiger partial charge in [0.25, 0.3) is 5.91 Å². The summed E-state index contributed by atoms with van der Waals surface area (Å²) in [7, 11) is 0. The number of hydrogen-bond acceptors (Lipinski definition) is 9. The Labute approximate surface area is 262 Å². The van der Waals surface area contributed by atoms with Crippen LogP contribution in [0.4, 0.5) is 14.5 Å². The van der Waals surface area contributed by atoms with Crippen molar-refractivity contribution in [2.75, 3.05) is 38.0 Å². The first-order chi connectivity index (χ1) is 21.7. The fourth-order valence-corrected chi connectivity index (χ4v) is 5.93. The number of benzene rings is 1. The zero-order chi connectivity index (χ0) is 31.9. The van der Waals surface area contributed by atoms with Crippen LogP contribution >= 0.6 is 11.8 Å². The van der Waals surface area contributed by atoms with E-state index in [1.807, 2.05) is 13.8 Å². The summed E-state index contributed by atoms with van der Waals surface area (Å²) in [4.78, 5) is 35.8. The first-order valence-corrected chi connectivity index (χ1v) is 15.4.